The van der Waals surface area contributed by atoms with Gasteiger partial charge in [0.1, 0.15) is 37.4 Å². The number of esters is 1. The van der Waals surface area contributed by atoms with Crippen LogP contribution in [0.15, 0.2) is 16.4 Å². The number of carboxylic acid groups (broad SMARTS) is 1. The summed E-state index contributed by atoms with van der Waals surface area (Å²) in [6.45, 7) is -0.165. The molecule has 2 aliphatic heterocycles. The zero-order valence-electron chi connectivity index (χ0n) is 17.0. The molecular formula is C16H19N3O11S2. The Morgan fingerprint density at radius 3 is 2.50 bits per heavy atom. The molecule has 0 radical (unpaired) electrons. The van der Waals surface area contributed by atoms with E-state index in [1.54, 1.807) is 0 Å². The van der Waals surface area contributed by atoms with Crippen LogP contribution in [0, 0.1) is 0 Å². The fourth-order valence-corrected chi connectivity index (χ4v) is 4.38. The van der Waals surface area contributed by atoms with Gasteiger partial charge < -0.3 is 20.0 Å². The van der Waals surface area contributed by atoms with Crippen LogP contribution < -0.4 is 5.32 Å². The Morgan fingerprint density at radius 1 is 1.31 bits per heavy atom. The average molecular weight is 493 g/mol. The van der Waals surface area contributed by atoms with E-state index in [0.29, 0.717) is 6.26 Å². The van der Waals surface area contributed by atoms with Crippen molar-refractivity contribution in [3.63, 3.8) is 0 Å². The van der Waals surface area contributed by atoms with E-state index in [1.165, 1.54) is 0 Å². The predicted molar refractivity (Wildman–Crippen MR) is 107 cm³/mol. The van der Waals surface area contributed by atoms with E-state index in [2.05, 4.69) is 19.5 Å². The number of carbonyl (C=O) groups excluding carboxylic acids is 4. The van der Waals surface area contributed by atoms with Crippen LogP contribution in [-0.4, -0.2) is 97.4 Å². The number of Topliss-reactive ketones (excluding diaryl/α,β-unsaturated/α-hetero) is 1. The van der Waals surface area contributed by atoms with Crippen LogP contribution in [0.4, 0.5) is 0 Å². The molecule has 2 heterocycles. The maximum Gasteiger partial charge on any atom is 0.352 e. The van der Waals surface area contributed by atoms with Gasteiger partial charge in [-0.15, -0.1) is 11.8 Å². The molecule has 32 heavy (non-hydrogen) atoms. The molecule has 2 atom stereocenters. The van der Waals surface area contributed by atoms with Crippen LogP contribution in [0.2, 0.25) is 0 Å². The summed E-state index contributed by atoms with van der Waals surface area (Å²) in [6, 6.07) is -1.19. The second-order valence-electron chi connectivity index (χ2n) is 6.41. The summed E-state index contributed by atoms with van der Waals surface area (Å²) < 4.78 is 31.2. The standard InChI is InChI=1S/C16H19N3O11S2/c1-7(20)29-4-8-6-31-15-11(14(23)19(15)12(8)16(24)25)17-13(22)10(18-28-2)9(21)5-30-32(3,26)27/h11,15H,4-6H2,1-3H3,(H,17,22)(H,24,25)/b18-10-/t11?,15-/m1/s1. The maximum absolute atomic E-state index is 12.6. The quantitative estimate of drug-likeness (QED) is 0.0836. The molecule has 1 saturated heterocycles. The van der Waals surface area contributed by atoms with Gasteiger partial charge in [-0.25, -0.2) is 4.79 Å². The van der Waals surface area contributed by atoms with E-state index in [-0.39, 0.29) is 23.6 Å². The Bertz CT molecular complexity index is 1020. The summed E-state index contributed by atoms with van der Waals surface area (Å²) in [4.78, 5) is 65.2. The molecule has 0 aromatic rings. The van der Waals surface area contributed by atoms with E-state index < -0.39 is 63.4 Å². The zero-order chi connectivity index (χ0) is 24.2. The van der Waals surface area contributed by atoms with Crippen LogP contribution >= 0.6 is 11.8 Å². The molecule has 0 aromatic carbocycles. The lowest BCUT2D eigenvalue weighted by molar-refractivity contribution is -0.150. The zero-order valence-corrected chi connectivity index (χ0v) is 18.6. The molecule has 2 amide bonds. The second kappa shape index (κ2) is 10.1. The van der Waals surface area contributed by atoms with Gasteiger partial charge >= 0.3 is 11.9 Å². The fraction of sp³-hybridized carbons (Fsp3) is 0.500. The number of carbonyl (C=O) groups is 5. The van der Waals surface area contributed by atoms with Gasteiger partial charge in [0, 0.05) is 18.2 Å². The minimum absolute atomic E-state index is 0.107. The molecule has 0 saturated carbocycles. The molecule has 0 aromatic heterocycles. The van der Waals surface area contributed by atoms with Gasteiger partial charge in [-0.3, -0.25) is 28.3 Å². The molecular weight excluding hydrogens is 474 g/mol. The lowest BCUT2D eigenvalue weighted by Crippen LogP contribution is -2.71. The Balaban J connectivity index is 2.15. The van der Waals surface area contributed by atoms with E-state index in [1.807, 2.05) is 0 Å². The van der Waals surface area contributed by atoms with Crippen LogP contribution in [-0.2, 0) is 47.8 Å². The fourth-order valence-electron chi connectivity index (χ4n) is 2.73. The van der Waals surface area contributed by atoms with Crippen molar-refractivity contribution in [3.05, 3.63) is 11.3 Å². The third-order valence-electron chi connectivity index (χ3n) is 4.05. The summed E-state index contributed by atoms with van der Waals surface area (Å²) in [5.74, 6) is -4.96. The SMILES string of the molecule is CO/N=C(/C(=O)COS(C)(=O)=O)C(=O)NC1C(=O)N2C(C(=O)O)=C(COC(C)=O)CS[C@H]12. The third-order valence-corrected chi connectivity index (χ3v) is 5.94. The third kappa shape index (κ3) is 5.83. The number of fused-ring (bicyclic) bond motifs is 1. The lowest BCUT2D eigenvalue weighted by Gasteiger charge is -2.49. The number of ether oxygens (including phenoxy) is 1. The number of amides is 2. The molecule has 0 bridgehead atoms. The normalized spacial score (nSPS) is 20.8. The highest BCUT2D eigenvalue weighted by Gasteiger charge is 2.54. The predicted octanol–water partition coefficient (Wildman–Crippen LogP) is -2.16. The van der Waals surface area contributed by atoms with Crippen LogP contribution in [0.25, 0.3) is 0 Å². The van der Waals surface area contributed by atoms with Crippen molar-refractivity contribution in [1.29, 1.82) is 0 Å². The number of nitrogens with one attached hydrogen (secondary N) is 1. The Kier molecular flexibility index (Phi) is 7.97. The molecule has 0 spiro atoms. The van der Waals surface area contributed by atoms with Crippen molar-refractivity contribution in [3.8, 4) is 0 Å². The van der Waals surface area contributed by atoms with Gasteiger partial charge in [0.05, 0.1) is 6.26 Å². The molecule has 1 unspecified atom stereocenters. The number of hydrogen-bond donors (Lipinski definition) is 2. The first-order valence-corrected chi connectivity index (χ1v) is 11.6. The Hall–Kier alpha value is -2.98. The van der Waals surface area contributed by atoms with E-state index in [4.69, 9.17) is 4.74 Å². The van der Waals surface area contributed by atoms with Crippen LogP contribution in [0.1, 0.15) is 6.92 Å². The van der Waals surface area contributed by atoms with Crippen molar-refractivity contribution in [2.75, 3.05) is 32.3 Å². The Morgan fingerprint density at radius 2 is 1.97 bits per heavy atom. The minimum atomic E-state index is -3.97. The molecule has 2 rings (SSSR count). The molecule has 16 heteroatoms. The number of carboxylic acids is 1. The van der Waals surface area contributed by atoms with Crippen molar-refractivity contribution >= 4 is 57.1 Å². The van der Waals surface area contributed by atoms with Gasteiger partial charge in [-0.2, -0.15) is 8.42 Å². The monoisotopic (exact) mass is 493 g/mol. The Labute approximate surface area is 186 Å². The number of oxime groups is 1. The summed E-state index contributed by atoms with van der Waals surface area (Å²) >= 11 is 1.11. The summed E-state index contributed by atoms with van der Waals surface area (Å²) in [5, 5.41) is 14.2. The number of aliphatic carboxylic acids is 1. The molecule has 2 aliphatic rings. The van der Waals surface area contributed by atoms with Gasteiger partial charge in [0.25, 0.3) is 21.9 Å². The number of nitrogens with zero attached hydrogens (tertiary/aromatic N) is 2. The number of rotatable bonds is 10. The smallest absolute Gasteiger partial charge is 0.352 e. The van der Waals surface area contributed by atoms with Crippen LogP contribution in [0.5, 0.6) is 0 Å². The average Bonchev–Trinajstić information content (AvgIpc) is 2.70. The number of thioether (sulfide) groups is 1. The van der Waals surface area contributed by atoms with Gasteiger partial charge in [-0.1, -0.05) is 5.16 Å². The first-order valence-electron chi connectivity index (χ1n) is 8.70. The van der Waals surface area contributed by atoms with E-state index in [0.717, 1.165) is 30.7 Å². The largest absolute Gasteiger partial charge is 0.477 e. The topological polar surface area (TPSA) is 195 Å². The summed E-state index contributed by atoms with van der Waals surface area (Å²) in [5.41, 5.74) is -0.983. The summed E-state index contributed by atoms with van der Waals surface area (Å²) in [6.07, 6.45) is 0.707. The highest BCUT2D eigenvalue weighted by molar-refractivity contribution is 8.00. The highest BCUT2D eigenvalue weighted by atomic mass is 32.2. The first-order chi connectivity index (χ1) is 14.9. The first kappa shape index (κ1) is 25.3. The molecule has 176 valence electrons. The highest BCUT2D eigenvalue weighted by Crippen LogP contribution is 2.40. The van der Waals surface area contributed by atoms with Crippen molar-refractivity contribution in [2.45, 2.75) is 18.3 Å². The van der Waals surface area contributed by atoms with Crippen LogP contribution in [0.3, 0.4) is 0 Å². The van der Waals surface area contributed by atoms with Gasteiger partial charge in [0.15, 0.2) is 0 Å². The lowest BCUT2D eigenvalue weighted by atomic mass is 10.0. The minimum Gasteiger partial charge on any atom is -0.477 e. The van der Waals surface area contributed by atoms with Gasteiger partial charge in [-0.05, 0) is 0 Å². The number of β-lactam (4-membered cyclic amide) rings is 1. The maximum atomic E-state index is 12.6. The van der Waals surface area contributed by atoms with Crippen molar-refractivity contribution < 1.29 is 51.3 Å². The van der Waals surface area contributed by atoms with E-state index in [9.17, 15) is 37.5 Å². The molecule has 14 nitrogen and oxygen atoms in total. The number of ketones is 1. The molecule has 2 N–H and O–H groups in total. The number of hydrogen-bond acceptors (Lipinski definition) is 12. The molecule has 0 aliphatic carbocycles. The van der Waals surface area contributed by atoms with Crippen molar-refractivity contribution in [2.24, 2.45) is 5.16 Å². The molecule has 1 fully saturated rings. The summed E-state index contributed by atoms with van der Waals surface area (Å²) in [7, 11) is -2.93. The van der Waals surface area contributed by atoms with Gasteiger partial charge in [0.2, 0.25) is 11.5 Å². The second-order valence-corrected chi connectivity index (χ2v) is 9.16. The van der Waals surface area contributed by atoms with Crippen molar-refractivity contribution in [1.82, 2.24) is 10.2 Å². The van der Waals surface area contributed by atoms with E-state index >= 15 is 0 Å².